The minimum atomic E-state index is -1.18. The molecule has 0 aliphatic heterocycles. The molecular formula is C16H15N3O3S. The first kappa shape index (κ1) is 15.2. The van der Waals surface area contributed by atoms with Crippen LogP contribution in [0.3, 0.4) is 0 Å². The van der Waals surface area contributed by atoms with Crippen molar-refractivity contribution in [3.8, 4) is 5.75 Å². The van der Waals surface area contributed by atoms with Gasteiger partial charge in [-0.3, -0.25) is 0 Å². The van der Waals surface area contributed by atoms with Crippen molar-refractivity contribution in [1.29, 1.82) is 0 Å². The van der Waals surface area contributed by atoms with E-state index in [4.69, 9.17) is 5.11 Å². The number of phenols is 1. The van der Waals surface area contributed by atoms with Crippen molar-refractivity contribution in [3.63, 3.8) is 0 Å². The highest BCUT2D eigenvalue weighted by Crippen LogP contribution is 2.31. The fourth-order valence-corrected chi connectivity index (χ4v) is 3.28. The molecule has 3 aromatic rings. The van der Waals surface area contributed by atoms with E-state index >= 15 is 0 Å². The van der Waals surface area contributed by atoms with Crippen LogP contribution in [0, 0.1) is 6.92 Å². The number of benzene rings is 1. The molecule has 0 unspecified atom stereocenters. The van der Waals surface area contributed by atoms with E-state index in [0.717, 1.165) is 16.6 Å². The predicted molar refractivity (Wildman–Crippen MR) is 89.9 cm³/mol. The summed E-state index contributed by atoms with van der Waals surface area (Å²) in [5.74, 6) is -0.179. The number of fused-ring (bicyclic) bond motifs is 1. The summed E-state index contributed by atoms with van der Waals surface area (Å²) < 4.78 is 0. The van der Waals surface area contributed by atoms with E-state index in [1.165, 1.54) is 17.0 Å². The van der Waals surface area contributed by atoms with Gasteiger partial charge in [-0.05, 0) is 37.6 Å². The Hall–Kier alpha value is -2.67. The predicted octanol–water partition coefficient (Wildman–Crippen LogP) is 3.71. The van der Waals surface area contributed by atoms with E-state index < -0.39 is 5.97 Å². The van der Waals surface area contributed by atoms with Crippen molar-refractivity contribution < 1.29 is 15.0 Å². The smallest absolute Gasteiger partial charge is 0.339 e. The van der Waals surface area contributed by atoms with Gasteiger partial charge in [0.1, 0.15) is 27.8 Å². The second kappa shape index (κ2) is 5.85. The maximum atomic E-state index is 11.1. The van der Waals surface area contributed by atoms with Gasteiger partial charge in [-0.15, -0.1) is 11.3 Å². The lowest BCUT2D eigenvalue weighted by Crippen LogP contribution is -2.01. The molecule has 0 radical (unpaired) electrons. The number of rotatable bonds is 4. The highest BCUT2D eigenvalue weighted by Gasteiger charge is 2.13. The van der Waals surface area contributed by atoms with E-state index in [2.05, 4.69) is 22.2 Å². The number of hydrogen-bond acceptors (Lipinski definition) is 6. The van der Waals surface area contributed by atoms with E-state index in [0.29, 0.717) is 17.3 Å². The summed E-state index contributed by atoms with van der Waals surface area (Å²) in [7, 11) is 0. The van der Waals surface area contributed by atoms with Crippen LogP contribution in [0.25, 0.3) is 10.2 Å². The van der Waals surface area contributed by atoms with Crippen LogP contribution in [-0.4, -0.2) is 26.2 Å². The molecule has 1 aromatic carbocycles. The maximum Gasteiger partial charge on any atom is 0.339 e. The van der Waals surface area contributed by atoms with Crippen LogP contribution < -0.4 is 5.32 Å². The van der Waals surface area contributed by atoms with Gasteiger partial charge in [0.05, 0.1) is 5.39 Å². The van der Waals surface area contributed by atoms with Gasteiger partial charge in [-0.25, -0.2) is 14.8 Å². The topological polar surface area (TPSA) is 95.3 Å². The van der Waals surface area contributed by atoms with Gasteiger partial charge in [-0.2, -0.15) is 0 Å². The van der Waals surface area contributed by atoms with Crippen LogP contribution in [0.15, 0.2) is 24.3 Å². The molecule has 0 aliphatic rings. The molecule has 0 fully saturated rings. The summed E-state index contributed by atoms with van der Waals surface area (Å²) in [6.45, 7) is 3.90. The van der Waals surface area contributed by atoms with Crippen molar-refractivity contribution in [2.45, 2.75) is 20.3 Å². The van der Waals surface area contributed by atoms with Crippen molar-refractivity contribution in [2.24, 2.45) is 0 Å². The minimum Gasteiger partial charge on any atom is -0.507 e. The third kappa shape index (κ3) is 2.95. The molecule has 2 heterocycles. The maximum absolute atomic E-state index is 11.1. The van der Waals surface area contributed by atoms with Gasteiger partial charge in [-0.1, -0.05) is 6.92 Å². The first-order chi connectivity index (χ1) is 11.0. The molecule has 0 aliphatic carbocycles. The first-order valence-electron chi connectivity index (χ1n) is 7.08. The number of nitrogens with zero attached hydrogens (tertiary/aromatic N) is 2. The Labute approximate surface area is 136 Å². The molecular weight excluding hydrogens is 314 g/mol. The van der Waals surface area contributed by atoms with Crippen molar-refractivity contribution >= 4 is 39.0 Å². The average Bonchev–Trinajstić information content (AvgIpc) is 2.92. The fourth-order valence-electron chi connectivity index (χ4n) is 2.27. The molecule has 0 saturated heterocycles. The van der Waals surface area contributed by atoms with Crippen LogP contribution in [0.5, 0.6) is 5.75 Å². The minimum absolute atomic E-state index is 0.156. The van der Waals surface area contributed by atoms with E-state index in [9.17, 15) is 9.90 Å². The Morgan fingerprint density at radius 1 is 1.30 bits per heavy atom. The zero-order chi connectivity index (χ0) is 16.6. The second-order valence-corrected chi connectivity index (χ2v) is 6.18. The lowest BCUT2D eigenvalue weighted by atomic mass is 10.1. The number of aromatic hydroxyl groups is 1. The number of nitrogens with one attached hydrogen (secondary N) is 1. The molecule has 6 nitrogen and oxygen atoms in total. The van der Waals surface area contributed by atoms with Crippen molar-refractivity contribution in [1.82, 2.24) is 9.97 Å². The third-order valence-corrected chi connectivity index (χ3v) is 4.57. The van der Waals surface area contributed by atoms with Crippen LogP contribution >= 0.6 is 11.3 Å². The third-order valence-electron chi connectivity index (χ3n) is 3.39. The highest BCUT2D eigenvalue weighted by atomic mass is 32.1. The van der Waals surface area contributed by atoms with Crippen LogP contribution in [0.2, 0.25) is 0 Å². The number of aromatic carboxylic acids is 1. The summed E-state index contributed by atoms with van der Waals surface area (Å²) in [4.78, 5) is 22.1. The highest BCUT2D eigenvalue weighted by molar-refractivity contribution is 7.18. The normalized spacial score (nSPS) is 10.9. The SMILES string of the molecule is CCc1cc2c(Nc3ccc(O)c(C(=O)O)c3)nc(C)nc2s1. The number of carbonyl (C=O) groups is 1. The Balaban J connectivity index is 2.06. The molecule has 3 N–H and O–H groups in total. The lowest BCUT2D eigenvalue weighted by molar-refractivity contribution is 0.0694. The van der Waals surface area contributed by atoms with Gasteiger partial charge < -0.3 is 15.5 Å². The van der Waals surface area contributed by atoms with E-state index in [-0.39, 0.29) is 11.3 Å². The molecule has 0 amide bonds. The lowest BCUT2D eigenvalue weighted by Gasteiger charge is -2.09. The Morgan fingerprint density at radius 2 is 2.09 bits per heavy atom. The van der Waals surface area contributed by atoms with Crippen LogP contribution in [0.4, 0.5) is 11.5 Å². The number of carboxylic acids is 1. The molecule has 0 atom stereocenters. The summed E-state index contributed by atoms with van der Waals surface area (Å²) in [5.41, 5.74) is 0.389. The molecule has 0 bridgehead atoms. The number of aryl methyl sites for hydroxylation is 2. The number of carboxylic acid groups (broad SMARTS) is 1. The molecule has 23 heavy (non-hydrogen) atoms. The monoisotopic (exact) mass is 329 g/mol. The summed E-state index contributed by atoms with van der Waals surface area (Å²) in [5, 5.41) is 22.7. The standard InChI is InChI=1S/C16H15N3O3S/c1-3-10-7-12-14(17-8(2)18-15(12)23-10)19-9-4-5-13(20)11(6-9)16(21)22/h4-7,20H,3H2,1-2H3,(H,21,22)(H,17,18,19). The summed E-state index contributed by atoms with van der Waals surface area (Å²) in [6, 6.07) is 6.38. The number of aromatic nitrogens is 2. The summed E-state index contributed by atoms with van der Waals surface area (Å²) >= 11 is 1.62. The number of anilines is 2. The van der Waals surface area contributed by atoms with Gasteiger partial charge in [0.25, 0.3) is 0 Å². The molecule has 7 heteroatoms. The van der Waals surface area contributed by atoms with E-state index in [1.54, 1.807) is 17.4 Å². The summed E-state index contributed by atoms with van der Waals surface area (Å²) in [6.07, 6.45) is 0.919. The Kier molecular flexibility index (Phi) is 3.87. The van der Waals surface area contributed by atoms with Gasteiger partial charge in [0.15, 0.2) is 0 Å². The van der Waals surface area contributed by atoms with Crippen LogP contribution in [-0.2, 0) is 6.42 Å². The molecule has 118 valence electrons. The van der Waals surface area contributed by atoms with E-state index in [1.807, 2.05) is 13.0 Å². The zero-order valence-electron chi connectivity index (χ0n) is 12.6. The molecule has 0 spiro atoms. The number of thiophene rings is 1. The number of hydrogen-bond donors (Lipinski definition) is 3. The van der Waals surface area contributed by atoms with Gasteiger partial charge in [0.2, 0.25) is 0 Å². The van der Waals surface area contributed by atoms with Crippen LogP contribution in [0.1, 0.15) is 28.0 Å². The molecule has 2 aromatic heterocycles. The largest absolute Gasteiger partial charge is 0.507 e. The molecule has 0 saturated carbocycles. The first-order valence-corrected chi connectivity index (χ1v) is 7.90. The quantitative estimate of drug-likeness (QED) is 0.632. The Morgan fingerprint density at radius 3 is 2.78 bits per heavy atom. The average molecular weight is 329 g/mol. The fraction of sp³-hybridized carbons (Fsp3) is 0.188. The Bertz CT molecular complexity index is 905. The van der Waals surface area contributed by atoms with Gasteiger partial charge >= 0.3 is 5.97 Å². The van der Waals surface area contributed by atoms with Gasteiger partial charge in [0, 0.05) is 10.6 Å². The molecule has 3 rings (SSSR count). The second-order valence-electron chi connectivity index (χ2n) is 5.07. The van der Waals surface area contributed by atoms with Crippen molar-refractivity contribution in [3.05, 3.63) is 40.5 Å². The zero-order valence-corrected chi connectivity index (χ0v) is 13.4. The van der Waals surface area contributed by atoms with Crippen molar-refractivity contribution in [2.75, 3.05) is 5.32 Å².